The molecule has 3 heteroatoms. The minimum atomic E-state index is -4.91. The molecule has 0 nitrogen and oxygen atoms in total. The summed E-state index contributed by atoms with van der Waals surface area (Å²) in [5, 5.41) is 0. The number of benzene rings is 4. The first kappa shape index (κ1) is 34.6. The van der Waals surface area contributed by atoms with Gasteiger partial charge in [0, 0.05) is 0 Å². The summed E-state index contributed by atoms with van der Waals surface area (Å²) in [5.41, 5.74) is 11.3. The molecule has 0 radical (unpaired) electrons. The van der Waals surface area contributed by atoms with E-state index in [9.17, 15) is 0 Å². The zero-order chi connectivity index (χ0) is 30.1. The van der Waals surface area contributed by atoms with Crippen LogP contribution in [-0.2, 0) is 35.3 Å². The molecule has 0 saturated carbocycles. The van der Waals surface area contributed by atoms with Crippen LogP contribution in [0.25, 0.3) is 11.1 Å². The van der Waals surface area contributed by atoms with E-state index in [0.29, 0.717) is 0 Å². The molecule has 44 heavy (non-hydrogen) atoms. The number of rotatable bonds is 4. The average molecular weight is 790 g/mol. The predicted molar refractivity (Wildman–Crippen MR) is 197 cm³/mol. The van der Waals surface area contributed by atoms with Gasteiger partial charge in [-0.15, -0.1) is 24.8 Å². The zero-order valence-corrected chi connectivity index (χ0v) is 32.9. The second kappa shape index (κ2) is 11.8. The van der Waals surface area contributed by atoms with Gasteiger partial charge in [0.1, 0.15) is 0 Å². The molecule has 0 fully saturated rings. The third-order valence-corrected chi connectivity index (χ3v) is 33.8. The number of aryl methyl sites for hydroxylation is 2. The number of hydrogen-bond acceptors (Lipinski definition) is 0. The van der Waals surface area contributed by atoms with Crippen molar-refractivity contribution < 1.29 is 18.0 Å². The SMILES string of the molecule is Cl.Cl.[CH2]=[Hf]([C]1=CC=CC1)([c]1cccc(C)c1)([c]1cccc(C)c1)[c]1cc(C(C)(C)C)cc2c1Cc1ccc(C(C)(C)C)cc1-2. The van der Waals surface area contributed by atoms with Gasteiger partial charge in [0.2, 0.25) is 0 Å². The van der Waals surface area contributed by atoms with Crippen LogP contribution >= 0.6 is 24.8 Å². The molecule has 4 aromatic rings. The fraction of sp³-hybridized carbons (Fsp3) is 0.293. The average Bonchev–Trinajstić information content (AvgIpc) is 3.60. The maximum atomic E-state index is 5.71. The van der Waals surface area contributed by atoms with Crippen LogP contribution in [0.3, 0.4) is 0 Å². The van der Waals surface area contributed by atoms with Gasteiger partial charge in [-0.1, -0.05) is 0 Å². The van der Waals surface area contributed by atoms with E-state index in [1.165, 1.54) is 54.5 Å². The summed E-state index contributed by atoms with van der Waals surface area (Å²) >= 11 is -4.91. The van der Waals surface area contributed by atoms with Crippen LogP contribution in [0.1, 0.15) is 81.3 Å². The molecule has 0 unspecified atom stereocenters. The molecule has 230 valence electrons. The summed E-state index contributed by atoms with van der Waals surface area (Å²) in [4.78, 5) is 0. The number of halogens is 2. The normalized spacial score (nSPS) is 14.3. The van der Waals surface area contributed by atoms with Crippen molar-refractivity contribution in [2.24, 2.45) is 0 Å². The van der Waals surface area contributed by atoms with Gasteiger partial charge in [0.15, 0.2) is 0 Å². The van der Waals surface area contributed by atoms with E-state index in [4.69, 9.17) is 4.26 Å². The van der Waals surface area contributed by atoms with Crippen molar-refractivity contribution in [1.29, 1.82) is 0 Å². The van der Waals surface area contributed by atoms with Crippen molar-refractivity contribution in [3.63, 3.8) is 0 Å². The second-order valence-electron chi connectivity index (χ2n) is 15.1. The molecule has 0 N–H and O–H groups in total. The molecule has 0 amide bonds. The molecule has 0 aromatic heterocycles. The van der Waals surface area contributed by atoms with Crippen LogP contribution in [-0.4, -0.2) is 4.26 Å². The van der Waals surface area contributed by atoms with Gasteiger partial charge >= 0.3 is 256 Å². The minimum absolute atomic E-state index is 0. The molecule has 0 bridgehead atoms. The fourth-order valence-corrected chi connectivity index (χ4v) is 30.7. The van der Waals surface area contributed by atoms with Gasteiger partial charge < -0.3 is 0 Å². The van der Waals surface area contributed by atoms with Crippen LogP contribution in [0.2, 0.25) is 0 Å². The summed E-state index contributed by atoms with van der Waals surface area (Å²) < 4.78 is 11.7. The third-order valence-electron chi connectivity index (χ3n) is 10.1. The summed E-state index contributed by atoms with van der Waals surface area (Å²) in [6.45, 7) is 18.5. The molecule has 0 heterocycles. The Balaban J connectivity index is 0.00000221. The van der Waals surface area contributed by atoms with Crippen LogP contribution in [0.5, 0.6) is 0 Å². The molecular weight excluding hydrogens is 742 g/mol. The van der Waals surface area contributed by atoms with Crippen molar-refractivity contribution in [3.05, 3.63) is 134 Å². The second-order valence-corrected chi connectivity index (χ2v) is 34.0. The van der Waals surface area contributed by atoms with Crippen molar-refractivity contribution in [3.8, 4) is 11.1 Å². The van der Waals surface area contributed by atoms with Gasteiger partial charge in [-0.25, -0.2) is 0 Å². The van der Waals surface area contributed by atoms with E-state index < -0.39 is 18.0 Å². The Morgan fingerprint density at radius 1 is 0.659 bits per heavy atom. The van der Waals surface area contributed by atoms with Gasteiger partial charge in [-0.3, -0.25) is 0 Å². The molecule has 0 atom stereocenters. The van der Waals surface area contributed by atoms with E-state index in [1.807, 2.05) is 0 Å². The Morgan fingerprint density at radius 2 is 1.23 bits per heavy atom. The fourth-order valence-electron chi connectivity index (χ4n) is 7.52. The zero-order valence-electron chi connectivity index (χ0n) is 27.7. The first-order valence-corrected chi connectivity index (χ1v) is 25.3. The summed E-state index contributed by atoms with van der Waals surface area (Å²) in [7, 11) is 0. The quantitative estimate of drug-likeness (QED) is 0.159. The van der Waals surface area contributed by atoms with E-state index in [-0.39, 0.29) is 35.6 Å². The first-order chi connectivity index (χ1) is 19.7. The Kier molecular flexibility index (Phi) is 9.26. The molecule has 0 spiro atoms. The predicted octanol–water partition coefficient (Wildman–Crippen LogP) is 9.55. The molecule has 0 aliphatic heterocycles. The van der Waals surface area contributed by atoms with Crippen molar-refractivity contribution in [1.82, 2.24) is 0 Å². The Morgan fingerprint density at radius 3 is 1.73 bits per heavy atom. The Labute approximate surface area is 279 Å². The van der Waals surface area contributed by atoms with Crippen LogP contribution in [0.4, 0.5) is 0 Å². The molecule has 0 saturated heterocycles. The topological polar surface area (TPSA) is 0 Å². The standard InChI is InChI=1S/C21H25.2C7H7.C5H5.CH2.2ClH.Hf/c1-20(2,3)16-9-7-14-11-15-8-10-17(21(4,5)6)13-19(15)18(14)12-16;2*1-7-5-3-2-4-6-7;1-2-4-5-3-1;;;;/h7,9-10,12-13H,11H2,1-6H3;2*2-3,5-6H,1H3;1-3H,4H2;1H2;2*1H;. The Bertz CT molecular complexity index is 1820. The van der Waals surface area contributed by atoms with E-state index in [1.54, 1.807) is 3.33 Å². The van der Waals surface area contributed by atoms with Gasteiger partial charge in [0.05, 0.1) is 0 Å². The number of fused-ring (bicyclic) bond motifs is 3. The molecule has 2 aliphatic rings. The van der Waals surface area contributed by atoms with Crippen LogP contribution in [0, 0.1) is 13.8 Å². The van der Waals surface area contributed by atoms with E-state index in [2.05, 4.69) is 152 Å². The summed E-state index contributed by atoms with van der Waals surface area (Å²) in [6, 6.07) is 31.2. The van der Waals surface area contributed by atoms with Crippen molar-refractivity contribution in [2.75, 3.05) is 0 Å². The first-order valence-electron chi connectivity index (χ1n) is 15.6. The van der Waals surface area contributed by atoms with Gasteiger partial charge in [-0.05, 0) is 0 Å². The summed E-state index contributed by atoms with van der Waals surface area (Å²) in [6.07, 6.45) is 9.00. The number of hydrogen-bond donors (Lipinski definition) is 0. The molecule has 2 aliphatic carbocycles. The molecular formula is C41H48Cl2Hf. The van der Waals surface area contributed by atoms with Crippen LogP contribution in [0.15, 0.2) is 100 Å². The summed E-state index contributed by atoms with van der Waals surface area (Å²) in [5.74, 6) is 0. The Hall–Kier alpha value is -2.32. The number of allylic oxidation sites excluding steroid dienone is 4. The van der Waals surface area contributed by atoms with Gasteiger partial charge in [0.25, 0.3) is 0 Å². The van der Waals surface area contributed by atoms with E-state index >= 15 is 0 Å². The van der Waals surface area contributed by atoms with E-state index in [0.717, 1.165) is 12.8 Å². The monoisotopic (exact) mass is 790 g/mol. The van der Waals surface area contributed by atoms with Crippen molar-refractivity contribution in [2.45, 2.75) is 79.1 Å². The van der Waals surface area contributed by atoms with Crippen molar-refractivity contribution >= 4 is 39.0 Å². The van der Waals surface area contributed by atoms with Gasteiger partial charge in [-0.2, -0.15) is 0 Å². The third kappa shape index (κ3) is 5.32. The molecule has 4 aromatic carbocycles. The maximum absolute atomic E-state index is 5.71. The van der Waals surface area contributed by atoms with Crippen LogP contribution < -0.4 is 9.96 Å². The molecule has 6 rings (SSSR count).